The van der Waals surface area contributed by atoms with E-state index in [1.54, 1.807) is 12.1 Å². The van der Waals surface area contributed by atoms with E-state index < -0.39 is 5.60 Å². The van der Waals surface area contributed by atoms with E-state index in [-0.39, 0.29) is 29.8 Å². The molecule has 2 aromatic rings. The highest BCUT2D eigenvalue weighted by atomic mass is 19.1. The Bertz CT molecular complexity index is 1080. The predicted molar refractivity (Wildman–Crippen MR) is 145 cm³/mol. The van der Waals surface area contributed by atoms with Gasteiger partial charge >= 0.3 is 6.09 Å². The normalized spacial score (nSPS) is 22.4. The number of aryl methyl sites for hydroxylation is 2. The molecular formula is C30H45FN4O2. The van der Waals surface area contributed by atoms with Crippen molar-refractivity contribution in [1.82, 2.24) is 19.6 Å². The maximum atomic E-state index is 14.2. The van der Waals surface area contributed by atoms with E-state index >= 15 is 0 Å². The van der Waals surface area contributed by atoms with Gasteiger partial charge in [-0.25, -0.2) is 9.18 Å². The zero-order chi connectivity index (χ0) is 26.9. The monoisotopic (exact) mass is 512 g/mol. The summed E-state index contributed by atoms with van der Waals surface area (Å²) in [5.74, 6) is 0.601. The van der Waals surface area contributed by atoms with E-state index in [1.807, 2.05) is 31.7 Å². The summed E-state index contributed by atoms with van der Waals surface area (Å²) in [5, 5.41) is 4.86. The van der Waals surface area contributed by atoms with E-state index in [4.69, 9.17) is 9.84 Å². The Kier molecular flexibility index (Phi) is 8.32. The highest BCUT2D eigenvalue weighted by Gasteiger charge is 2.43. The third-order valence-corrected chi connectivity index (χ3v) is 8.39. The average molecular weight is 513 g/mol. The number of benzene rings is 1. The molecule has 1 aromatic heterocycles. The van der Waals surface area contributed by atoms with Crippen molar-refractivity contribution < 1.29 is 13.9 Å². The van der Waals surface area contributed by atoms with Crippen molar-refractivity contribution in [2.45, 2.75) is 97.8 Å². The van der Waals surface area contributed by atoms with Crippen LogP contribution in [0.3, 0.4) is 0 Å². The van der Waals surface area contributed by atoms with Gasteiger partial charge in [-0.2, -0.15) is 5.10 Å². The number of nitrogens with zero attached hydrogens (tertiary/aromatic N) is 4. The van der Waals surface area contributed by atoms with E-state index in [9.17, 15) is 9.18 Å². The van der Waals surface area contributed by atoms with Gasteiger partial charge in [-0.3, -0.25) is 4.68 Å². The number of rotatable bonds is 6. The van der Waals surface area contributed by atoms with Gasteiger partial charge < -0.3 is 14.5 Å². The van der Waals surface area contributed by atoms with E-state index in [0.717, 1.165) is 44.5 Å². The Morgan fingerprint density at radius 3 is 2.49 bits per heavy atom. The van der Waals surface area contributed by atoms with Crippen molar-refractivity contribution in [3.8, 4) is 0 Å². The highest BCUT2D eigenvalue weighted by molar-refractivity contribution is 5.68. The average Bonchev–Trinajstić information content (AvgIpc) is 3.44. The summed E-state index contributed by atoms with van der Waals surface area (Å²) in [4.78, 5) is 17.4. The van der Waals surface area contributed by atoms with Crippen molar-refractivity contribution >= 4 is 6.09 Å². The number of amides is 1. The van der Waals surface area contributed by atoms with Crippen LogP contribution in [0, 0.1) is 18.7 Å². The standard InChI is InChI=1S/C30H45FN4O2/c1-8-27-28(21(4)35(9-2)32-27)22-13-15-33(16-14-22)20(3)25-18-34(29(36)37-30(5,6)7)19-26(25)23-11-10-12-24(31)17-23/h10-12,17,20,22,25-26H,8-9,13-16,18-19H2,1-7H3. The zero-order valence-electron chi connectivity index (χ0n) is 23.8. The SMILES string of the molecule is CCc1nn(CC)c(C)c1C1CCN(C(C)C2CN(C(=O)OC(C)(C)C)CC2c2cccc(F)c2)CC1. The van der Waals surface area contributed by atoms with E-state index in [2.05, 4.69) is 37.3 Å². The molecule has 0 radical (unpaired) electrons. The lowest BCUT2D eigenvalue weighted by molar-refractivity contribution is 0.0275. The Morgan fingerprint density at radius 1 is 1.19 bits per heavy atom. The van der Waals surface area contributed by atoms with Crippen LogP contribution in [0.2, 0.25) is 0 Å². The van der Waals surface area contributed by atoms with Crippen LogP contribution in [0.4, 0.5) is 9.18 Å². The summed E-state index contributed by atoms with van der Waals surface area (Å²) >= 11 is 0. The lowest BCUT2D eigenvalue weighted by Gasteiger charge is -2.40. The van der Waals surface area contributed by atoms with Crippen molar-refractivity contribution in [2.24, 2.45) is 5.92 Å². The van der Waals surface area contributed by atoms with Gasteiger partial charge in [0.05, 0.1) is 5.69 Å². The number of aromatic nitrogens is 2. The molecule has 37 heavy (non-hydrogen) atoms. The molecule has 2 saturated heterocycles. The van der Waals surface area contributed by atoms with Crippen LogP contribution in [0.15, 0.2) is 24.3 Å². The van der Waals surface area contributed by atoms with Gasteiger partial charge in [0.1, 0.15) is 11.4 Å². The zero-order valence-corrected chi connectivity index (χ0v) is 23.8. The molecule has 2 aliphatic rings. The minimum atomic E-state index is -0.544. The molecule has 3 heterocycles. The molecule has 0 aliphatic carbocycles. The second-order valence-electron chi connectivity index (χ2n) is 11.9. The Balaban J connectivity index is 1.50. The summed E-state index contributed by atoms with van der Waals surface area (Å²) < 4.78 is 22.0. The quantitative estimate of drug-likeness (QED) is 0.467. The van der Waals surface area contributed by atoms with Crippen molar-refractivity contribution in [3.63, 3.8) is 0 Å². The molecule has 204 valence electrons. The molecule has 1 amide bonds. The topological polar surface area (TPSA) is 50.6 Å². The molecule has 1 aromatic carbocycles. The molecule has 0 N–H and O–H groups in total. The molecular weight excluding hydrogens is 467 g/mol. The van der Waals surface area contributed by atoms with Crippen LogP contribution in [0.25, 0.3) is 0 Å². The van der Waals surface area contributed by atoms with Crippen LogP contribution >= 0.6 is 0 Å². The van der Waals surface area contributed by atoms with Gasteiger partial charge in [-0.1, -0.05) is 19.1 Å². The maximum Gasteiger partial charge on any atom is 0.410 e. The first kappa shape index (κ1) is 27.6. The van der Waals surface area contributed by atoms with Crippen LogP contribution in [0.5, 0.6) is 0 Å². The molecule has 3 atom stereocenters. The predicted octanol–water partition coefficient (Wildman–Crippen LogP) is 6.13. The Morgan fingerprint density at radius 2 is 1.89 bits per heavy atom. The first-order chi connectivity index (χ1) is 17.5. The van der Waals surface area contributed by atoms with Crippen LogP contribution < -0.4 is 0 Å². The number of hydrogen-bond donors (Lipinski definition) is 0. The first-order valence-corrected chi connectivity index (χ1v) is 14.1. The lowest BCUT2D eigenvalue weighted by atomic mass is 9.82. The second kappa shape index (κ2) is 11.1. The molecule has 7 heteroatoms. The molecule has 3 unspecified atom stereocenters. The fourth-order valence-corrected chi connectivity index (χ4v) is 6.47. The molecule has 0 bridgehead atoms. The summed E-state index contributed by atoms with van der Waals surface area (Å²) in [6.07, 6.45) is 2.91. The Labute approximate surface area is 222 Å². The van der Waals surface area contributed by atoms with Gasteiger partial charge in [-0.15, -0.1) is 0 Å². The van der Waals surface area contributed by atoms with Crippen molar-refractivity contribution in [1.29, 1.82) is 0 Å². The summed E-state index contributed by atoms with van der Waals surface area (Å²) in [6, 6.07) is 7.17. The molecule has 6 nitrogen and oxygen atoms in total. The van der Waals surface area contributed by atoms with Gasteiger partial charge in [-0.05, 0) is 103 Å². The number of ether oxygens (including phenoxy) is 1. The summed E-state index contributed by atoms with van der Waals surface area (Å²) in [5.41, 5.74) is 4.46. The van der Waals surface area contributed by atoms with Crippen molar-refractivity contribution in [3.05, 3.63) is 52.6 Å². The smallest absolute Gasteiger partial charge is 0.410 e. The second-order valence-corrected chi connectivity index (χ2v) is 11.9. The largest absolute Gasteiger partial charge is 0.444 e. The first-order valence-electron chi connectivity index (χ1n) is 14.1. The van der Waals surface area contributed by atoms with Crippen molar-refractivity contribution in [2.75, 3.05) is 26.2 Å². The fourth-order valence-electron chi connectivity index (χ4n) is 6.47. The molecule has 4 rings (SSSR count). The van der Waals surface area contributed by atoms with Crippen LogP contribution in [0.1, 0.15) is 88.7 Å². The van der Waals surface area contributed by atoms with E-state index in [0.29, 0.717) is 19.0 Å². The molecule has 2 aliphatic heterocycles. The van der Waals surface area contributed by atoms with E-state index in [1.165, 1.54) is 23.0 Å². The number of piperidine rings is 1. The minimum Gasteiger partial charge on any atom is -0.444 e. The Hall–Kier alpha value is -2.41. The number of carbonyl (C=O) groups excluding carboxylic acids is 1. The maximum absolute atomic E-state index is 14.2. The third-order valence-electron chi connectivity index (χ3n) is 8.39. The van der Waals surface area contributed by atoms with Gasteiger partial charge in [0.2, 0.25) is 0 Å². The van der Waals surface area contributed by atoms with Gasteiger partial charge in [0, 0.05) is 43.2 Å². The highest BCUT2D eigenvalue weighted by Crippen LogP contribution is 2.40. The van der Waals surface area contributed by atoms with Gasteiger partial charge in [0.15, 0.2) is 0 Å². The molecule has 0 saturated carbocycles. The lowest BCUT2D eigenvalue weighted by Crippen LogP contribution is -2.45. The third kappa shape index (κ3) is 6.02. The summed E-state index contributed by atoms with van der Waals surface area (Å²) in [7, 11) is 0. The summed E-state index contributed by atoms with van der Waals surface area (Å²) in [6.45, 7) is 18.7. The van der Waals surface area contributed by atoms with Crippen LogP contribution in [-0.4, -0.2) is 63.5 Å². The number of hydrogen-bond acceptors (Lipinski definition) is 4. The minimum absolute atomic E-state index is 0.0765. The van der Waals surface area contributed by atoms with Gasteiger partial charge in [0.25, 0.3) is 0 Å². The van der Waals surface area contributed by atoms with Crippen LogP contribution in [-0.2, 0) is 17.7 Å². The fraction of sp³-hybridized carbons (Fsp3) is 0.667. The molecule has 2 fully saturated rings. The number of likely N-dealkylation sites (tertiary alicyclic amines) is 2. The number of carbonyl (C=O) groups is 1. The number of halogens is 1. The molecule has 0 spiro atoms.